The Labute approximate surface area is 496 Å². The molecule has 0 fully saturated rings. The molecule has 0 aliphatic heterocycles. The zero-order chi connectivity index (χ0) is 58.0. The fourth-order valence-corrected chi connectivity index (χ4v) is 11.4. The maximum Gasteiger partial charge on any atom is 0.472 e. The summed E-state index contributed by atoms with van der Waals surface area (Å²) in [6.07, 6.45) is 82.6. The number of rotatable bonds is 67. The van der Waals surface area contributed by atoms with E-state index in [0.717, 1.165) is 70.6 Å². The highest BCUT2D eigenvalue weighted by Gasteiger charge is 2.26. The number of allylic oxidation sites excluding steroid dienone is 6. The van der Waals surface area contributed by atoms with Crippen molar-refractivity contribution in [2.75, 3.05) is 26.4 Å². The van der Waals surface area contributed by atoms with Crippen LogP contribution in [0.4, 0.5) is 0 Å². The van der Waals surface area contributed by atoms with Crippen LogP contribution < -0.4 is 5.73 Å². The molecule has 0 radical (unpaired) electrons. The highest BCUT2D eigenvalue weighted by Crippen LogP contribution is 2.43. The molecule has 0 saturated heterocycles. The van der Waals surface area contributed by atoms with Gasteiger partial charge in [-0.2, -0.15) is 0 Å². The van der Waals surface area contributed by atoms with Crippen LogP contribution in [-0.2, 0) is 32.7 Å². The number of carbonyl (C=O) groups is 2. The van der Waals surface area contributed by atoms with Gasteiger partial charge in [0.05, 0.1) is 13.2 Å². The minimum atomic E-state index is -4.39. The smallest absolute Gasteiger partial charge is 0.462 e. The molecule has 472 valence electrons. The number of hydrogen-bond donors (Lipinski definition) is 2. The van der Waals surface area contributed by atoms with E-state index in [9.17, 15) is 19.0 Å². The fourth-order valence-electron chi connectivity index (χ4n) is 10.6. The fraction of sp³-hybridized carbons (Fsp3) is 0.886. The molecule has 0 aliphatic rings. The molecule has 2 atom stereocenters. The van der Waals surface area contributed by atoms with Gasteiger partial charge < -0.3 is 20.1 Å². The first-order valence-corrected chi connectivity index (χ1v) is 36.5. The number of nitrogens with two attached hydrogens (primary N) is 1. The summed E-state index contributed by atoms with van der Waals surface area (Å²) < 4.78 is 33.1. The quantitative estimate of drug-likeness (QED) is 0.0264. The molecule has 0 amide bonds. The van der Waals surface area contributed by atoms with Gasteiger partial charge in [-0.25, -0.2) is 4.57 Å². The third kappa shape index (κ3) is 65.4. The van der Waals surface area contributed by atoms with E-state index in [1.165, 1.54) is 263 Å². The molecule has 2 unspecified atom stereocenters. The Kier molecular flexibility index (Phi) is 64.9. The maximum atomic E-state index is 12.7. The van der Waals surface area contributed by atoms with Gasteiger partial charge in [0.2, 0.25) is 0 Å². The molecular weight excluding hydrogens is 1010 g/mol. The van der Waals surface area contributed by atoms with E-state index < -0.39 is 26.5 Å². The molecule has 0 spiro atoms. The van der Waals surface area contributed by atoms with Crippen molar-refractivity contribution in [2.45, 2.75) is 373 Å². The lowest BCUT2D eigenvalue weighted by atomic mass is 10.0. The van der Waals surface area contributed by atoms with Crippen molar-refractivity contribution in [3.63, 3.8) is 0 Å². The maximum absolute atomic E-state index is 12.7. The predicted octanol–water partition coefficient (Wildman–Crippen LogP) is 22.7. The minimum absolute atomic E-state index is 0.0520. The topological polar surface area (TPSA) is 134 Å². The molecule has 0 aliphatic carbocycles. The summed E-state index contributed by atoms with van der Waals surface area (Å²) in [5.41, 5.74) is 5.39. The Morgan fingerprint density at radius 1 is 0.375 bits per heavy atom. The minimum Gasteiger partial charge on any atom is -0.462 e. The average Bonchev–Trinajstić information content (AvgIpc) is 3.45. The Morgan fingerprint density at radius 3 is 0.963 bits per heavy atom. The van der Waals surface area contributed by atoms with Gasteiger partial charge in [0.25, 0.3) is 0 Å². The predicted molar refractivity (Wildman–Crippen MR) is 344 cm³/mol. The molecule has 0 aromatic rings. The lowest BCUT2D eigenvalue weighted by Gasteiger charge is -2.19. The summed E-state index contributed by atoms with van der Waals surface area (Å²) in [4.78, 5) is 35.3. The number of esters is 2. The molecule has 0 heterocycles. The van der Waals surface area contributed by atoms with Gasteiger partial charge in [0, 0.05) is 19.4 Å². The van der Waals surface area contributed by atoms with Gasteiger partial charge in [-0.3, -0.25) is 18.6 Å². The van der Waals surface area contributed by atoms with Crippen LogP contribution >= 0.6 is 7.82 Å². The normalized spacial score (nSPS) is 13.1. The zero-order valence-corrected chi connectivity index (χ0v) is 54.0. The van der Waals surface area contributed by atoms with Gasteiger partial charge in [-0.1, -0.05) is 339 Å². The SMILES string of the molecule is CCCCCCC/C=C\C/C=C\C/C=C\CCCCCCCCC(=O)OC(COC(=O)CCCCCCCCCCCCCCCCCCCCCCCCCCCCCCCCCCCCCCCC)COP(=O)(O)OCCN. The summed E-state index contributed by atoms with van der Waals surface area (Å²) in [6.45, 7) is 3.78. The van der Waals surface area contributed by atoms with Crippen molar-refractivity contribution < 1.29 is 37.6 Å². The standard InChI is InChI=1S/C70H134NO8P/c1-3-5-7-9-11-13-15-17-19-21-23-25-26-27-28-29-30-31-32-33-34-35-36-37-38-39-40-41-43-44-46-48-50-52-54-56-58-60-62-69(72)76-66-68(67-78-80(74,75)77-65-64-71)79-70(73)63-61-59-57-55-53-51-49-47-45-42-24-22-20-18-16-14-12-10-8-6-4-2/h16,18,22,24,45,47,68H,3-15,17,19-21,23,25-44,46,48-67,71H2,1-2H3,(H,74,75)/b18-16-,24-22-,47-45-. The van der Waals surface area contributed by atoms with E-state index in [2.05, 4.69) is 50.3 Å². The molecule has 10 heteroatoms. The number of ether oxygens (including phenoxy) is 2. The largest absolute Gasteiger partial charge is 0.472 e. The van der Waals surface area contributed by atoms with Gasteiger partial charge in [-0.15, -0.1) is 0 Å². The van der Waals surface area contributed by atoms with Crippen molar-refractivity contribution in [1.29, 1.82) is 0 Å². The summed E-state index contributed by atoms with van der Waals surface area (Å²) in [7, 11) is -4.39. The molecule has 0 rings (SSSR count). The van der Waals surface area contributed by atoms with Crippen molar-refractivity contribution in [3.8, 4) is 0 Å². The van der Waals surface area contributed by atoms with E-state index in [4.69, 9.17) is 24.3 Å². The highest BCUT2D eigenvalue weighted by molar-refractivity contribution is 7.47. The monoisotopic (exact) mass is 1150 g/mol. The number of unbranched alkanes of at least 4 members (excludes halogenated alkanes) is 48. The second kappa shape index (κ2) is 66.4. The van der Waals surface area contributed by atoms with Gasteiger partial charge in [0.1, 0.15) is 6.61 Å². The van der Waals surface area contributed by atoms with Crippen LogP contribution in [0.5, 0.6) is 0 Å². The number of phosphoric acid groups is 1. The van der Waals surface area contributed by atoms with Crippen LogP contribution in [0, 0.1) is 0 Å². The molecule has 0 aromatic carbocycles. The third-order valence-electron chi connectivity index (χ3n) is 15.8. The van der Waals surface area contributed by atoms with Gasteiger partial charge >= 0.3 is 19.8 Å². The van der Waals surface area contributed by atoms with E-state index >= 15 is 0 Å². The first-order valence-electron chi connectivity index (χ1n) is 35.0. The van der Waals surface area contributed by atoms with E-state index in [1.54, 1.807) is 0 Å². The van der Waals surface area contributed by atoms with Gasteiger partial charge in [0.15, 0.2) is 6.10 Å². The van der Waals surface area contributed by atoms with Crippen molar-refractivity contribution in [3.05, 3.63) is 36.5 Å². The van der Waals surface area contributed by atoms with Crippen molar-refractivity contribution in [2.24, 2.45) is 5.73 Å². The van der Waals surface area contributed by atoms with Crippen LogP contribution in [0.2, 0.25) is 0 Å². The van der Waals surface area contributed by atoms with E-state index in [1.807, 2.05) is 0 Å². The Morgan fingerprint density at radius 2 is 0.650 bits per heavy atom. The second-order valence-electron chi connectivity index (χ2n) is 23.8. The van der Waals surface area contributed by atoms with Crippen LogP contribution in [-0.4, -0.2) is 49.3 Å². The first kappa shape index (κ1) is 78.2. The third-order valence-corrected chi connectivity index (χ3v) is 16.8. The lowest BCUT2D eigenvalue weighted by molar-refractivity contribution is -0.161. The zero-order valence-electron chi connectivity index (χ0n) is 53.1. The molecule has 0 saturated carbocycles. The Balaban J connectivity index is 3.77. The molecule has 3 N–H and O–H groups in total. The molecule has 0 bridgehead atoms. The Hall–Kier alpha value is -1.77. The van der Waals surface area contributed by atoms with E-state index in [0.29, 0.717) is 6.42 Å². The average molecular weight is 1150 g/mol. The molecule has 80 heavy (non-hydrogen) atoms. The van der Waals surface area contributed by atoms with Crippen molar-refractivity contribution >= 4 is 19.8 Å². The molecule has 0 aromatic heterocycles. The summed E-state index contributed by atoms with van der Waals surface area (Å²) in [5.74, 6) is -0.825. The second-order valence-corrected chi connectivity index (χ2v) is 25.2. The van der Waals surface area contributed by atoms with Crippen LogP contribution in [0.15, 0.2) is 36.5 Å². The highest BCUT2D eigenvalue weighted by atomic mass is 31.2. The van der Waals surface area contributed by atoms with Crippen LogP contribution in [0.25, 0.3) is 0 Å². The lowest BCUT2D eigenvalue weighted by Crippen LogP contribution is -2.29. The number of carbonyl (C=O) groups excluding carboxylic acids is 2. The first-order chi connectivity index (χ1) is 39.3. The van der Waals surface area contributed by atoms with Crippen LogP contribution in [0.1, 0.15) is 367 Å². The Bertz CT molecular complexity index is 1400. The number of hydrogen-bond acceptors (Lipinski definition) is 8. The molecule has 9 nitrogen and oxygen atoms in total. The summed E-state index contributed by atoms with van der Waals surface area (Å²) in [5, 5.41) is 0. The summed E-state index contributed by atoms with van der Waals surface area (Å²) >= 11 is 0. The number of phosphoric ester groups is 1. The summed E-state index contributed by atoms with van der Waals surface area (Å²) in [6, 6.07) is 0. The van der Waals surface area contributed by atoms with Crippen LogP contribution in [0.3, 0.4) is 0 Å². The van der Waals surface area contributed by atoms with Gasteiger partial charge in [-0.05, 0) is 51.4 Å². The van der Waals surface area contributed by atoms with E-state index in [-0.39, 0.29) is 38.6 Å². The van der Waals surface area contributed by atoms with Crippen molar-refractivity contribution in [1.82, 2.24) is 0 Å². The molecular formula is C70H134NO8P.